The molecule has 2 unspecified atom stereocenters. The minimum absolute atomic E-state index is 0.165. The Hall–Kier alpha value is -2.08. The van der Waals surface area contributed by atoms with Crippen LogP contribution in [-0.4, -0.2) is 67.5 Å². The largest absolute Gasteiger partial charge is 0.497 e. The first-order valence-corrected chi connectivity index (χ1v) is 11.1. The molecule has 3 heterocycles. The summed E-state index contributed by atoms with van der Waals surface area (Å²) in [4.78, 5) is 29.9. The maximum absolute atomic E-state index is 12.8. The minimum atomic E-state index is -0.167. The van der Waals surface area contributed by atoms with Gasteiger partial charge >= 0.3 is 0 Å². The normalized spacial score (nSPS) is 24.7. The Morgan fingerprint density at radius 2 is 2.00 bits per heavy atom. The van der Waals surface area contributed by atoms with Crippen LogP contribution in [0.5, 0.6) is 5.75 Å². The van der Waals surface area contributed by atoms with E-state index in [1.807, 2.05) is 6.07 Å². The van der Waals surface area contributed by atoms with Crippen molar-refractivity contribution in [2.75, 3.05) is 39.8 Å². The smallest absolute Gasteiger partial charge is 0.251 e. The van der Waals surface area contributed by atoms with E-state index in [9.17, 15) is 9.59 Å². The summed E-state index contributed by atoms with van der Waals surface area (Å²) in [5.74, 6) is 2.13. The highest BCUT2D eigenvalue weighted by atomic mass is 16.5. The molecule has 4 aliphatic rings. The number of fused-ring (bicyclic) bond motifs is 4. The second kappa shape index (κ2) is 9.16. The summed E-state index contributed by atoms with van der Waals surface area (Å²) in [7, 11) is 1.58. The highest BCUT2D eigenvalue weighted by Crippen LogP contribution is 2.33. The van der Waals surface area contributed by atoms with Crippen LogP contribution in [0.1, 0.15) is 48.9 Å². The van der Waals surface area contributed by atoms with Crippen LogP contribution >= 0.6 is 0 Å². The molecule has 6 nitrogen and oxygen atoms in total. The van der Waals surface area contributed by atoms with Gasteiger partial charge in [0.05, 0.1) is 7.11 Å². The Labute approximate surface area is 173 Å². The number of carbonyl (C=O) groups is 2. The number of hydrogen-bond acceptors (Lipinski definition) is 4. The van der Waals surface area contributed by atoms with Gasteiger partial charge in [0.15, 0.2) is 0 Å². The van der Waals surface area contributed by atoms with E-state index in [2.05, 4.69) is 15.1 Å². The highest BCUT2D eigenvalue weighted by Gasteiger charge is 2.37. The lowest BCUT2D eigenvalue weighted by Gasteiger charge is -2.40. The van der Waals surface area contributed by atoms with Gasteiger partial charge < -0.3 is 15.0 Å². The molecule has 158 valence electrons. The summed E-state index contributed by atoms with van der Waals surface area (Å²) in [6.45, 7) is 4.47. The van der Waals surface area contributed by atoms with E-state index in [-0.39, 0.29) is 11.8 Å². The topological polar surface area (TPSA) is 61.9 Å². The molecule has 1 aromatic rings. The second-order valence-electron chi connectivity index (χ2n) is 8.88. The molecule has 29 heavy (non-hydrogen) atoms. The van der Waals surface area contributed by atoms with E-state index >= 15 is 0 Å². The van der Waals surface area contributed by atoms with Crippen molar-refractivity contribution in [3.63, 3.8) is 0 Å². The van der Waals surface area contributed by atoms with Gasteiger partial charge in [-0.3, -0.25) is 14.5 Å². The molecule has 1 aromatic carbocycles. The summed E-state index contributed by atoms with van der Waals surface area (Å²) in [6, 6.07) is 7.58. The number of carbonyl (C=O) groups excluding carboxylic acids is 2. The molecule has 0 aromatic heterocycles. The predicted octanol–water partition coefficient (Wildman–Crippen LogP) is 2.54. The molecule has 0 spiro atoms. The van der Waals surface area contributed by atoms with Gasteiger partial charge in [0.1, 0.15) is 5.75 Å². The number of amides is 2. The lowest BCUT2D eigenvalue weighted by Crippen LogP contribution is -2.47. The number of rotatable bonds is 7. The fourth-order valence-electron chi connectivity index (χ4n) is 4.92. The molecular formula is C23H33N3O3. The van der Waals surface area contributed by atoms with Crippen molar-refractivity contribution < 1.29 is 14.3 Å². The third-order valence-electron chi connectivity index (χ3n) is 6.85. The number of methoxy groups -OCH3 is 1. The van der Waals surface area contributed by atoms with E-state index in [1.165, 1.54) is 38.6 Å². The fourth-order valence-corrected chi connectivity index (χ4v) is 4.92. The zero-order chi connectivity index (χ0) is 20.2. The third-order valence-corrected chi connectivity index (χ3v) is 6.85. The molecule has 3 saturated heterocycles. The average molecular weight is 400 g/mol. The molecule has 2 bridgehead atoms. The number of nitrogens with zero attached hydrogens (tertiary/aromatic N) is 2. The van der Waals surface area contributed by atoms with Crippen molar-refractivity contribution in [1.82, 2.24) is 15.1 Å². The summed E-state index contributed by atoms with van der Waals surface area (Å²) >= 11 is 0. The molecule has 0 radical (unpaired) electrons. The highest BCUT2D eigenvalue weighted by molar-refractivity contribution is 5.94. The number of piperidine rings is 1. The third kappa shape index (κ3) is 4.92. The summed E-state index contributed by atoms with van der Waals surface area (Å²) < 4.78 is 5.16. The van der Waals surface area contributed by atoms with Crippen molar-refractivity contribution in [3.05, 3.63) is 29.8 Å². The van der Waals surface area contributed by atoms with Gasteiger partial charge in [-0.25, -0.2) is 0 Å². The van der Waals surface area contributed by atoms with Crippen LogP contribution in [0.25, 0.3) is 0 Å². The van der Waals surface area contributed by atoms with E-state index in [1.54, 1.807) is 25.3 Å². The first kappa shape index (κ1) is 20.2. The van der Waals surface area contributed by atoms with Gasteiger partial charge in [-0.2, -0.15) is 0 Å². The van der Waals surface area contributed by atoms with Crippen molar-refractivity contribution in [3.8, 4) is 5.75 Å². The Kier molecular flexibility index (Phi) is 6.38. The Bertz CT molecular complexity index is 734. The molecule has 1 N–H and O–H groups in total. The molecule has 3 aliphatic heterocycles. The Morgan fingerprint density at radius 1 is 1.14 bits per heavy atom. The zero-order valence-corrected chi connectivity index (χ0v) is 17.4. The van der Waals surface area contributed by atoms with Crippen LogP contribution < -0.4 is 10.1 Å². The zero-order valence-electron chi connectivity index (χ0n) is 17.4. The van der Waals surface area contributed by atoms with Gasteiger partial charge in [0.25, 0.3) is 5.91 Å². The van der Waals surface area contributed by atoms with Crippen LogP contribution in [0.3, 0.4) is 0 Å². The predicted molar refractivity (Wildman–Crippen MR) is 112 cm³/mol. The van der Waals surface area contributed by atoms with Gasteiger partial charge in [-0.1, -0.05) is 12.5 Å². The first-order valence-electron chi connectivity index (χ1n) is 11.1. The molecule has 2 amide bonds. The summed E-state index contributed by atoms with van der Waals surface area (Å²) in [6.07, 6.45) is 6.96. The molecule has 1 saturated carbocycles. The number of nitrogens with one attached hydrogen (secondary N) is 1. The molecule has 6 heteroatoms. The first-order chi connectivity index (χ1) is 14.1. The molecule has 5 rings (SSSR count). The van der Waals surface area contributed by atoms with E-state index in [0.717, 1.165) is 25.6 Å². The Morgan fingerprint density at radius 3 is 2.76 bits per heavy atom. The molecule has 4 fully saturated rings. The van der Waals surface area contributed by atoms with Crippen LogP contribution in [0.15, 0.2) is 24.3 Å². The maximum Gasteiger partial charge on any atom is 0.251 e. The van der Waals surface area contributed by atoms with Gasteiger partial charge in [0, 0.05) is 50.7 Å². The number of hydrogen-bond donors (Lipinski definition) is 1. The maximum atomic E-state index is 12.8. The van der Waals surface area contributed by atoms with Crippen LogP contribution in [0, 0.1) is 11.8 Å². The fraction of sp³-hybridized carbons (Fsp3) is 0.652. The quantitative estimate of drug-likeness (QED) is 0.765. The van der Waals surface area contributed by atoms with E-state index < -0.39 is 0 Å². The van der Waals surface area contributed by atoms with E-state index in [4.69, 9.17) is 4.74 Å². The summed E-state index contributed by atoms with van der Waals surface area (Å²) in [5, 5.41) is 2.87. The Balaban J connectivity index is 1.26. The van der Waals surface area contributed by atoms with Gasteiger partial charge in [-0.05, 0) is 55.7 Å². The van der Waals surface area contributed by atoms with Crippen molar-refractivity contribution >= 4 is 11.8 Å². The standard InChI is InChI=1S/C23H33N3O3/c1-29-21-7-3-6-19(12-21)23(28)24-11-10-22(27)26-15-18-8-9-20(16-26)25(14-18)13-17-4-2-5-17/h3,6-7,12,17-18,20H,2,4-5,8-11,13-16H2,1H3,(H,24,28). The van der Waals surface area contributed by atoms with Crippen molar-refractivity contribution in [1.29, 1.82) is 0 Å². The van der Waals surface area contributed by atoms with E-state index in [0.29, 0.717) is 36.2 Å². The van der Waals surface area contributed by atoms with Crippen molar-refractivity contribution in [2.45, 2.75) is 44.6 Å². The SMILES string of the molecule is COc1cccc(C(=O)NCCC(=O)N2CC3CCC(C2)N(CC2CCC2)C3)c1. The number of benzene rings is 1. The van der Waals surface area contributed by atoms with Crippen LogP contribution in [-0.2, 0) is 4.79 Å². The molecule has 2 atom stereocenters. The lowest BCUT2D eigenvalue weighted by atomic mass is 9.83. The average Bonchev–Trinajstić information content (AvgIpc) is 3.02. The monoisotopic (exact) mass is 399 g/mol. The summed E-state index contributed by atoms with van der Waals surface area (Å²) in [5.41, 5.74) is 0.552. The number of ether oxygens (including phenoxy) is 1. The van der Waals surface area contributed by atoms with Crippen LogP contribution in [0.2, 0.25) is 0 Å². The lowest BCUT2D eigenvalue weighted by molar-refractivity contribution is -0.131. The molecule has 1 aliphatic carbocycles. The second-order valence-corrected chi connectivity index (χ2v) is 8.88. The molecular weight excluding hydrogens is 366 g/mol. The van der Waals surface area contributed by atoms with Gasteiger partial charge in [0.2, 0.25) is 5.91 Å². The van der Waals surface area contributed by atoms with Gasteiger partial charge in [-0.15, -0.1) is 0 Å². The van der Waals surface area contributed by atoms with Crippen LogP contribution in [0.4, 0.5) is 0 Å². The minimum Gasteiger partial charge on any atom is -0.497 e. The van der Waals surface area contributed by atoms with Crippen molar-refractivity contribution in [2.24, 2.45) is 11.8 Å².